The average Bonchev–Trinajstić information content (AvgIpc) is 2.87. The van der Waals surface area contributed by atoms with E-state index in [4.69, 9.17) is 47.4 Å². The highest BCUT2D eigenvalue weighted by Gasteiger charge is 2.57. The fourth-order valence-corrected chi connectivity index (χ4v) is 4.49. The van der Waals surface area contributed by atoms with Crippen molar-refractivity contribution in [2.24, 2.45) is 0 Å². The first kappa shape index (κ1) is 36.3. The maximum absolute atomic E-state index is 12.2. The van der Waals surface area contributed by atoms with E-state index in [0.717, 1.165) is 48.5 Å². The Morgan fingerprint density at radius 1 is 0.477 bits per heavy atom. The lowest BCUT2D eigenvalue weighted by Crippen LogP contribution is -2.67. The maximum Gasteiger partial charge on any atom is 0.303 e. The fourth-order valence-electron chi connectivity index (χ4n) is 4.49. The van der Waals surface area contributed by atoms with Crippen LogP contribution in [0.3, 0.4) is 0 Å². The molecule has 18 heteroatoms. The van der Waals surface area contributed by atoms with Gasteiger partial charge in [0.25, 0.3) is 0 Å². The van der Waals surface area contributed by atoms with Gasteiger partial charge in [-0.05, 0) is 0 Å². The van der Waals surface area contributed by atoms with Crippen LogP contribution in [0.4, 0.5) is 0 Å². The molecule has 7 unspecified atom stereocenters. The van der Waals surface area contributed by atoms with Crippen LogP contribution >= 0.6 is 0 Å². The van der Waals surface area contributed by atoms with Crippen LogP contribution in [0.25, 0.3) is 0 Å². The molecule has 0 radical (unpaired) electrons. The number of esters is 7. The molecule has 2 aliphatic rings. The van der Waals surface area contributed by atoms with Crippen molar-refractivity contribution in [2.75, 3.05) is 13.2 Å². The number of aliphatic hydroxyl groups is 1. The molecule has 2 fully saturated rings. The molecule has 0 bridgehead atoms. The summed E-state index contributed by atoms with van der Waals surface area (Å²) in [5.41, 5.74) is 0. The minimum Gasteiger partial charge on any atom is -0.463 e. The lowest BCUT2D eigenvalue weighted by molar-refractivity contribution is -0.357. The Morgan fingerprint density at radius 2 is 0.841 bits per heavy atom. The van der Waals surface area contributed by atoms with Crippen LogP contribution in [0.5, 0.6) is 0 Å². The van der Waals surface area contributed by atoms with Gasteiger partial charge < -0.3 is 52.5 Å². The Morgan fingerprint density at radius 3 is 1.27 bits per heavy atom. The first-order chi connectivity index (χ1) is 20.5. The van der Waals surface area contributed by atoms with Crippen molar-refractivity contribution in [3.63, 3.8) is 0 Å². The van der Waals surface area contributed by atoms with Crippen molar-refractivity contribution in [1.29, 1.82) is 0 Å². The Bertz CT molecular complexity index is 1090. The number of rotatable bonds is 11. The second-order valence-corrected chi connectivity index (χ2v) is 9.68. The molecular formula is C26H36O18. The van der Waals surface area contributed by atoms with Crippen molar-refractivity contribution in [3.8, 4) is 0 Å². The fraction of sp³-hybridized carbons (Fsp3) is 0.731. The zero-order valence-electron chi connectivity index (χ0n) is 25.1. The van der Waals surface area contributed by atoms with E-state index in [-0.39, 0.29) is 0 Å². The van der Waals surface area contributed by atoms with Gasteiger partial charge in [-0.2, -0.15) is 0 Å². The summed E-state index contributed by atoms with van der Waals surface area (Å²) in [7, 11) is 0. The summed E-state index contributed by atoms with van der Waals surface area (Å²) >= 11 is 0. The second-order valence-electron chi connectivity index (χ2n) is 9.68. The van der Waals surface area contributed by atoms with Gasteiger partial charge in [0.1, 0.15) is 31.5 Å². The predicted octanol–water partition coefficient (Wildman–Crippen LogP) is -1.40. The Kier molecular flexibility index (Phi) is 13.4. The van der Waals surface area contributed by atoms with Crippen LogP contribution in [0, 0.1) is 0 Å². The third kappa shape index (κ3) is 10.7. The van der Waals surface area contributed by atoms with Gasteiger partial charge in [0, 0.05) is 48.5 Å². The molecule has 0 aromatic heterocycles. The number of hydrogen-bond acceptors (Lipinski definition) is 18. The van der Waals surface area contributed by atoms with Crippen molar-refractivity contribution in [1.82, 2.24) is 0 Å². The van der Waals surface area contributed by atoms with Crippen LogP contribution < -0.4 is 0 Å². The quantitative estimate of drug-likeness (QED) is 0.203. The maximum atomic E-state index is 12.2. The van der Waals surface area contributed by atoms with Gasteiger partial charge >= 0.3 is 41.8 Å². The molecule has 18 nitrogen and oxygen atoms in total. The molecule has 1 N–H and O–H groups in total. The first-order valence-electron chi connectivity index (χ1n) is 13.3. The third-order valence-electron chi connectivity index (χ3n) is 5.90. The molecule has 0 saturated carbocycles. The Balaban J connectivity index is 2.66. The number of aliphatic hydroxyl groups excluding tert-OH is 1. The highest BCUT2D eigenvalue weighted by Crippen LogP contribution is 2.34. The average molecular weight is 637 g/mol. The summed E-state index contributed by atoms with van der Waals surface area (Å²) in [6.45, 7) is 6.11. The van der Waals surface area contributed by atoms with Crippen molar-refractivity contribution in [3.05, 3.63) is 0 Å². The van der Waals surface area contributed by atoms with E-state index >= 15 is 0 Å². The van der Waals surface area contributed by atoms with Crippen molar-refractivity contribution in [2.45, 2.75) is 110 Å². The summed E-state index contributed by atoms with van der Waals surface area (Å²) in [5, 5.41) is 10.6. The first-order valence-corrected chi connectivity index (χ1v) is 13.3. The molecule has 44 heavy (non-hydrogen) atoms. The lowest BCUT2D eigenvalue weighted by Gasteiger charge is -2.48. The van der Waals surface area contributed by atoms with Crippen LogP contribution in [-0.2, 0) is 80.9 Å². The minimum atomic E-state index is -1.90. The van der Waals surface area contributed by atoms with E-state index in [1.807, 2.05) is 0 Å². The molecule has 0 spiro atoms. The molecule has 2 rings (SSSR count). The molecular weight excluding hydrogens is 600 g/mol. The number of hydrogen-bond donors (Lipinski definition) is 1. The van der Waals surface area contributed by atoms with Crippen LogP contribution in [-0.4, -0.2) is 122 Å². The highest BCUT2D eigenvalue weighted by molar-refractivity contribution is 5.69. The molecule has 0 amide bonds. The molecule has 10 atom stereocenters. The topological polar surface area (TPSA) is 232 Å². The normalized spacial score (nSPS) is 31.5. The molecule has 0 aromatic rings. The van der Waals surface area contributed by atoms with E-state index in [0.29, 0.717) is 0 Å². The monoisotopic (exact) mass is 636 g/mol. The van der Waals surface area contributed by atoms with Gasteiger partial charge in [-0.3, -0.25) is 33.6 Å². The molecule has 0 aromatic carbocycles. The smallest absolute Gasteiger partial charge is 0.303 e. The highest BCUT2D eigenvalue weighted by atomic mass is 16.8. The van der Waals surface area contributed by atoms with E-state index in [2.05, 4.69) is 0 Å². The molecule has 248 valence electrons. The Hall–Kier alpha value is -3.87. The zero-order chi connectivity index (χ0) is 33.3. The Labute approximate surface area is 251 Å². The molecule has 2 saturated heterocycles. The third-order valence-corrected chi connectivity index (χ3v) is 5.90. The standard InChI is InChI=1S/C26H36O18/c1-10(27)35-8-17-20(21(38-13(4)30)23(25(34)42-17)40-15(6)32)44-26-24(41-16(7)33)22(39-14(5)31)19(37-12(3)29)18(43-26)9-36-11(2)28/h17-26,34H,8-9H2,1-7H3/t17?,18?,19?,20-,21?,22?,23?,24?,25-,26-/m1/s1. The molecule has 2 aliphatic heterocycles. The number of carbonyl (C=O) groups excluding carboxylic acids is 7. The summed E-state index contributed by atoms with van der Waals surface area (Å²) in [6, 6.07) is 0. The van der Waals surface area contributed by atoms with Crippen LogP contribution in [0.15, 0.2) is 0 Å². The molecule has 0 aliphatic carbocycles. The van der Waals surface area contributed by atoms with Gasteiger partial charge in [0.15, 0.2) is 43.1 Å². The largest absolute Gasteiger partial charge is 0.463 e. The van der Waals surface area contributed by atoms with Crippen LogP contribution in [0.2, 0.25) is 0 Å². The number of carbonyl (C=O) groups is 7. The van der Waals surface area contributed by atoms with Gasteiger partial charge in [0.2, 0.25) is 0 Å². The summed E-state index contributed by atoms with van der Waals surface area (Å²) in [4.78, 5) is 83.5. The minimum absolute atomic E-state index is 0.572. The van der Waals surface area contributed by atoms with E-state index in [1.165, 1.54) is 0 Å². The van der Waals surface area contributed by atoms with E-state index < -0.39 is 116 Å². The number of ether oxygens (including phenoxy) is 10. The van der Waals surface area contributed by atoms with Gasteiger partial charge in [-0.25, -0.2) is 0 Å². The van der Waals surface area contributed by atoms with E-state index in [9.17, 15) is 38.7 Å². The lowest BCUT2D eigenvalue weighted by atomic mass is 9.96. The predicted molar refractivity (Wildman–Crippen MR) is 135 cm³/mol. The summed E-state index contributed by atoms with van der Waals surface area (Å²) in [5.74, 6) is -6.03. The molecule has 2 heterocycles. The second kappa shape index (κ2) is 16.3. The summed E-state index contributed by atoms with van der Waals surface area (Å²) < 4.78 is 54.1. The van der Waals surface area contributed by atoms with Gasteiger partial charge in [-0.1, -0.05) is 0 Å². The van der Waals surface area contributed by atoms with Gasteiger partial charge in [0.05, 0.1) is 0 Å². The summed E-state index contributed by atoms with van der Waals surface area (Å²) in [6.07, 6.45) is -16.3. The SMILES string of the molecule is CC(=O)OCC1O[C@H](O[C@@H]2C(COC(C)=O)O[C@@H](O)C(OC(C)=O)C2OC(C)=O)C(OC(C)=O)C(OC(C)=O)C1OC(C)=O. The van der Waals surface area contributed by atoms with E-state index in [1.54, 1.807) is 0 Å². The van der Waals surface area contributed by atoms with Gasteiger partial charge in [-0.15, -0.1) is 0 Å². The van der Waals surface area contributed by atoms with Crippen molar-refractivity contribution >= 4 is 41.8 Å². The van der Waals surface area contributed by atoms with Crippen LogP contribution in [0.1, 0.15) is 48.5 Å². The zero-order valence-corrected chi connectivity index (χ0v) is 25.1. The van der Waals surface area contributed by atoms with Crippen molar-refractivity contribution < 1.29 is 86.0 Å².